The molecule has 0 saturated carbocycles. The van der Waals surface area contributed by atoms with Crippen molar-refractivity contribution in [1.82, 2.24) is 20.0 Å². The minimum absolute atomic E-state index is 0. The third-order valence-electron chi connectivity index (χ3n) is 4.66. The summed E-state index contributed by atoms with van der Waals surface area (Å²) in [5, 5.41) is 3.58. The number of piperazine rings is 1. The zero-order valence-corrected chi connectivity index (χ0v) is 16.6. The molecule has 0 amide bonds. The van der Waals surface area contributed by atoms with Gasteiger partial charge in [0, 0.05) is 52.4 Å². The van der Waals surface area contributed by atoms with E-state index >= 15 is 0 Å². The lowest BCUT2D eigenvalue weighted by Crippen LogP contribution is -2.55. The number of halogens is 1. The van der Waals surface area contributed by atoms with Crippen molar-refractivity contribution in [2.75, 3.05) is 60.4 Å². The Bertz CT molecular complexity index is 358. The minimum Gasteiger partial charge on any atom is -0.355 e. The van der Waals surface area contributed by atoms with Crippen LogP contribution >= 0.6 is 24.0 Å². The number of likely N-dealkylation sites (tertiary alicyclic amines) is 1. The number of rotatable bonds is 2. The first kappa shape index (κ1) is 19.0. The molecule has 0 bridgehead atoms. The van der Waals surface area contributed by atoms with E-state index in [1.54, 1.807) is 0 Å². The highest BCUT2D eigenvalue weighted by Crippen LogP contribution is 2.28. The molecule has 0 radical (unpaired) electrons. The summed E-state index contributed by atoms with van der Waals surface area (Å²) in [4.78, 5) is 11.7. The first-order valence-corrected chi connectivity index (χ1v) is 7.76. The van der Waals surface area contributed by atoms with E-state index in [4.69, 9.17) is 0 Å². The standard InChI is InChI=1S/C15H31N5.HI/c1-15(2)6-7-20(12-15)14(16-3)17-10-13-11-18(4)8-9-19(13)5;/h13H,6-12H2,1-5H3,(H,16,17);1H. The smallest absolute Gasteiger partial charge is 0.193 e. The molecule has 2 aliphatic rings. The van der Waals surface area contributed by atoms with Crippen molar-refractivity contribution in [2.45, 2.75) is 26.3 Å². The molecule has 1 unspecified atom stereocenters. The maximum atomic E-state index is 4.46. The maximum absolute atomic E-state index is 4.46. The second-order valence-electron chi connectivity index (χ2n) is 7.16. The van der Waals surface area contributed by atoms with E-state index < -0.39 is 0 Å². The Balaban J connectivity index is 0.00000220. The van der Waals surface area contributed by atoms with Crippen molar-refractivity contribution in [3.63, 3.8) is 0 Å². The quantitative estimate of drug-likeness (QED) is 0.422. The van der Waals surface area contributed by atoms with E-state index in [2.05, 4.69) is 53.0 Å². The van der Waals surface area contributed by atoms with Crippen molar-refractivity contribution in [2.24, 2.45) is 10.4 Å². The van der Waals surface area contributed by atoms with Crippen LogP contribution < -0.4 is 5.32 Å². The number of hydrogen-bond donors (Lipinski definition) is 1. The van der Waals surface area contributed by atoms with Gasteiger partial charge in [0.1, 0.15) is 0 Å². The number of likely N-dealkylation sites (N-methyl/N-ethyl adjacent to an activating group) is 2. The molecule has 1 atom stereocenters. The lowest BCUT2D eigenvalue weighted by Gasteiger charge is -2.38. The van der Waals surface area contributed by atoms with Crippen molar-refractivity contribution in [3.05, 3.63) is 0 Å². The molecule has 124 valence electrons. The van der Waals surface area contributed by atoms with Gasteiger partial charge < -0.3 is 15.1 Å². The number of aliphatic imine (C=N–C) groups is 1. The fourth-order valence-electron chi connectivity index (χ4n) is 3.16. The van der Waals surface area contributed by atoms with Crippen LogP contribution in [0.25, 0.3) is 0 Å². The third-order valence-corrected chi connectivity index (χ3v) is 4.66. The third kappa shape index (κ3) is 5.25. The first-order chi connectivity index (χ1) is 9.41. The molecule has 6 heteroatoms. The highest BCUT2D eigenvalue weighted by Gasteiger charge is 2.31. The summed E-state index contributed by atoms with van der Waals surface area (Å²) in [7, 11) is 6.32. The summed E-state index contributed by atoms with van der Waals surface area (Å²) >= 11 is 0. The van der Waals surface area contributed by atoms with Gasteiger partial charge in [-0.15, -0.1) is 24.0 Å². The van der Waals surface area contributed by atoms with E-state index in [1.165, 1.54) is 13.0 Å². The summed E-state index contributed by atoms with van der Waals surface area (Å²) in [6, 6.07) is 0.570. The average Bonchev–Trinajstić information content (AvgIpc) is 2.74. The van der Waals surface area contributed by atoms with Gasteiger partial charge in [-0.2, -0.15) is 0 Å². The molecule has 0 aromatic rings. The first-order valence-electron chi connectivity index (χ1n) is 7.76. The number of hydrogen-bond acceptors (Lipinski definition) is 3. The monoisotopic (exact) mass is 409 g/mol. The Labute approximate surface area is 147 Å². The van der Waals surface area contributed by atoms with Crippen LogP contribution in [0.15, 0.2) is 4.99 Å². The van der Waals surface area contributed by atoms with Gasteiger partial charge in [-0.3, -0.25) is 9.89 Å². The van der Waals surface area contributed by atoms with Crippen LogP contribution in [0.2, 0.25) is 0 Å². The van der Waals surface area contributed by atoms with E-state index in [0.717, 1.165) is 38.7 Å². The van der Waals surface area contributed by atoms with Gasteiger partial charge in [0.05, 0.1) is 0 Å². The number of nitrogens with zero attached hydrogens (tertiary/aromatic N) is 4. The summed E-state index contributed by atoms with van der Waals surface area (Å²) in [6.07, 6.45) is 1.25. The molecule has 5 nitrogen and oxygen atoms in total. The van der Waals surface area contributed by atoms with Crippen molar-refractivity contribution < 1.29 is 0 Å². The molecule has 2 rings (SSSR count). The van der Waals surface area contributed by atoms with Crippen LogP contribution in [0.5, 0.6) is 0 Å². The maximum Gasteiger partial charge on any atom is 0.193 e. The molecule has 2 aliphatic heterocycles. The summed E-state index contributed by atoms with van der Waals surface area (Å²) in [6.45, 7) is 11.3. The largest absolute Gasteiger partial charge is 0.355 e. The number of guanidine groups is 1. The molecular weight excluding hydrogens is 377 g/mol. The molecule has 2 heterocycles. The molecule has 1 N–H and O–H groups in total. The Morgan fingerprint density at radius 1 is 1.24 bits per heavy atom. The van der Waals surface area contributed by atoms with Gasteiger partial charge in [0.25, 0.3) is 0 Å². The van der Waals surface area contributed by atoms with Crippen molar-refractivity contribution in [1.29, 1.82) is 0 Å². The van der Waals surface area contributed by atoms with Crippen LogP contribution in [0.3, 0.4) is 0 Å². The van der Waals surface area contributed by atoms with E-state index in [1.807, 2.05) is 7.05 Å². The lowest BCUT2D eigenvalue weighted by atomic mass is 9.93. The molecule has 21 heavy (non-hydrogen) atoms. The normalized spacial score (nSPS) is 27.6. The second kappa shape index (κ2) is 7.97. The molecule has 2 saturated heterocycles. The summed E-state index contributed by atoms with van der Waals surface area (Å²) in [5.74, 6) is 1.07. The van der Waals surface area contributed by atoms with Gasteiger partial charge in [-0.1, -0.05) is 13.8 Å². The highest BCUT2D eigenvalue weighted by molar-refractivity contribution is 14.0. The fourth-order valence-corrected chi connectivity index (χ4v) is 3.16. The van der Waals surface area contributed by atoms with Crippen LogP contribution in [-0.2, 0) is 0 Å². The molecular formula is C15H32IN5. The summed E-state index contributed by atoms with van der Waals surface area (Å²) < 4.78 is 0. The predicted octanol–water partition coefficient (Wildman–Crippen LogP) is 1.16. The van der Waals surface area contributed by atoms with E-state index in [0.29, 0.717) is 11.5 Å². The SMILES string of the molecule is CN=C(NCC1CN(C)CCN1C)N1CCC(C)(C)C1.I. The highest BCUT2D eigenvalue weighted by atomic mass is 127. The van der Waals surface area contributed by atoms with E-state index in [9.17, 15) is 0 Å². The Hall–Kier alpha value is -0.0800. The average molecular weight is 409 g/mol. The van der Waals surface area contributed by atoms with Gasteiger partial charge in [-0.25, -0.2) is 0 Å². The van der Waals surface area contributed by atoms with Crippen molar-refractivity contribution in [3.8, 4) is 0 Å². The zero-order chi connectivity index (χ0) is 14.8. The molecule has 0 aromatic carbocycles. The lowest BCUT2D eigenvalue weighted by molar-refractivity contribution is 0.116. The Kier molecular flexibility index (Phi) is 7.19. The van der Waals surface area contributed by atoms with Gasteiger partial charge in [-0.05, 0) is 25.9 Å². The van der Waals surface area contributed by atoms with Crippen LogP contribution in [0.1, 0.15) is 20.3 Å². The van der Waals surface area contributed by atoms with Gasteiger partial charge in [0.15, 0.2) is 5.96 Å². The molecule has 0 aromatic heterocycles. The van der Waals surface area contributed by atoms with Gasteiger partial charge in [0.2, 0.25) is 0 Å². The van der Waals surface area contributed by atoms with E-state index in [-0.39, 0.29) is 24.0 Å². The molecule has 0 spiro atoms. The molecule has 2 fully saturated rings. The zero-order valence-electron chi connectivity index (χ0n) is 14.2. The Morgan fingerprint density at radius 2 is 1.95 bits per heavy atom. The van der Waals surface area contributed by atoms with Crippen LogP contribution in [-0.4, -0.2) is 87.1 Å². The Morgan fingerprint density at radius 3 is 2.52 bits per heavy atom. The second-order valence-corrected chi connectivity index (χ2v) is 7.16. The van der Waals surface area contributed by atoms with Crippen molar-refractivity contribution >= 4 is 29.9 Å². The number of nitrogens with one attached hydrogen (secondary N) is 1. The fraction of sp³-hybridized carbons (Fsp3) is 0.933. The molecule has 0 aliphatic carbocycles. The van der Waals surface area contributed by atoms with Gasteiger partial charge >= 0.3 is 0 Å². The summed E-state index contributed by atoms with van der Waals surface area (Å²) in [5.41, 5.74) is 0.416. The van der Waals surface area contributed by atoms with Crippen LogP contribution in [0, 0.1) is 5.41 Å². The predicted molar refractivity (Wildman–Crippen MR) is 101 cm³/mol. The van der Waals surface area contributed by atoms with Crippen LogP contribution in [0.4, 0.5) is 0 Å². The topological polar surface area (TPSA) is 34.1 Å². The minimum atomic E-state index is 0.